The van der Waals surface area contributed by atoms with Crippen LogP contribution in [0.25, 0.3) is 0 Å². The fourth-order valence-electron chi connectivity index (χ4n) is 5.78. The molecule has 1 spiro atoms. The second-order valence-corrected chi connectivity index (χ2v) is 10.1. The maximum Gasteiger partial charge on any atom is 0.225 e. The SMILES string of the molecule is NC1C2CCCC1CC(C(=O)N1CCSC3(CCCCC3)C1)C2. The zero-order valence-electron chi connectivity index (χ0n) is 14.3. The average Bonchev–Trinajstić information content (AvgIpc) is 2.55. The number of nitrogens with two attached hydrogens (primary N) is 1. The Hall–Kier alpha value is -0.220. The molecule has 2 unspecified atom stereocenters. The van der Waals surface area contributed by atoms with Crippen molar-refractivity contribution in [2.45, 2.75) is 75.0 Å². The number of fused-ring (bicyclic) bond motifs is 2. The van der Waals surface area contributed by atoms with Crippen LogP contribution >= 0.6 is 11.8 Å². The van der Waals surface area contributed by atoms with Crippen molar-refractivity contribution in [3.05, 3.63) is 0 Å². The number of rotatable bonds is 1. The molecule has 3 saturated carbocycles. The first-order chi connectivity index (χ1) is 11.2. The van der Waals surface area contributed by atoms with Crippen molar-refractivity contribution >= 4 is 17.7 Å². The molecule has 130 valence electrons. The third-order valence-electron chi connectivity index (χ3n) is 7.09. The largest absolute Gasteiger partial charge is 0.340 e. The summed E-state index contributed by atoms with van der Waals surface area (Å²) in [6.45, 7) is 2.00. The van der Waals surface area contributed by atoms with Crippen LogP contribution in [0.1, 0.15) is 64.2 Å². The zero-order chi connectivity index (χ0) is 15.9. The van der Waals surface area contributed by atoms with Crippen molar-refractivity contribution in [2.75, 3.05) is 18.8 Å². The lowest BCUT2D eigenvalue weighted by molar-refractivity contribution is -0.139. The third-order valence-corrected chi connectivity index (χ3v) is 8.62. The van der Waals surface area contributed by atoms with Gasteiger partial charge in [0.2, 0.25) is 5.91 Å². The van der Waals surface area contributed by atoms with Crippen LogP contribution in [0.15, 0.2) is 0 Å². The summed E-state index contributed by atoms with van der Waals surface area (Å²) >= 11 is 2.16. The molecule has 0 aromatic carbocycles. The number of thioether (sulfide) groups is 1. The Morgan fingerprint density at radius 1 is 1.04 bits per heavy atom. The molecule has 4 rings (SSSR count). The van der Waals surface area contributed by atoms with Gasteiger partial charge in [-0.25, -0.2) is 0 Å². The first kappa shape index (κ1) is 16.3. The number of carbonyl (C=O) groups excluding carboxylic acids is 1. The second kappa shape index (κ2) is 6.59. The summed E-state index contributed by atoms with van der Waals surface area (Å²) in [5.41, 5.74) is 6.41. The highest BCUT2D eigenvalue weighted by Gasteiger charge is 2.44. The Labute approximate surface area is 145 Å². The molecular weight excluding hydrogens is 304 g/mol. The van der Waals surface area contributed by atoms with Crippen molar-refractivity contribution < 1.29 is 4.79 Å². The summed E-state index contributed by atoms with van der Waals surface area (Å²) in [5.74, 6) is 3.11. The van der Waals surface area contributed by atoms with Gasteiger partial charge in [-0.05, 0) is 50.4 Å². The average molecular weight is 337 g/mol. The number of amides is 1. The molecule has 2 bridgehead atoms. The van der Waals surface area contributed by atoms with E-state index in [1.54, 1.807) is 0 Å². The maximum absolute atomic E-state index is 13.2. The molecule has 2 N–H and O–H groups in total. The number of nitrogens with zero attached hydrogens (tertiary/aromatic N) is 1. The molecule has 3 aliphatic carbocycles. The van der Waals surface area contributed by atoms with Gasteiger partial charge in [0.05, 0.1) is 0 Å². The lowest BCUT2D eigenvalue weighted by Crippen LogP contribution is -2.54. The van der Waals surface area contributed by atoms with Gasteiger partial charge in [0.25, 0.3) is 0 Å². The Kier molecular flexibility index (Phi) is 4.66. The highest BCUT2D eigenvalue weighted by atomic mass is 32.2. The standard InChI is InChI=1S/C19H32N2OS/c20-17-14-5-4-6-15(17)12-16(11-14)18(22)21-9-10-23-19(13-21)7-2-1-3-8-19/h14-17H,1-13,20H2. The summed E-state index contributed by atoms with van der Waals surface area (Å²) in [5, 5.41) is 0. The van der Waals surface area contributed by atoms with Crippen molar-refractivity contribution in [2.24, 2.45) is 23.5 Å². The maximum atomic E-state index is 13.2. The Bertz CT molecular complexity index is 429. The first-order valence-corrected chi connectivity index (χ1v) is 10.8. The van der Waals surface area contributed by atoms with E-state index in [-0.39, 0.29) is 5.92 Å². The van der Waals surface area contributed by atoms with Gasteiger partial charge in [-0.1, -0.05) is 25.7 Å². The Balaban J connectivity index is 1.42. The lowest BCUT2D eigenvalue weighted by Gasteiger charge is -2.48. The van der Waals surface area contributed by atoms with Gasteiger partial charge in [-0.3, -0.25) is 4.79 Å². The quantitative estimate of drug-likeness (QED) is 0.798. The second-order valence-electron chi connectivity index (χ2n) is 8.55. The molecule has 0 aromatic rings. The molecule has 4 aliphatic rings. The van der Waals surface area contributed by atoms with Crippen molar-refractivity contribution in [1.29, 1.82) is 0 Å². The summed E-state index contributed by atoms with van der Waals surface area (Å²) < 4.78 is 0.396. The molecule has 1 heterocycles. The summed E-state index contributed by atoms with van der Waals surface area (Å²) in [6, 6.07) is 0.370. The van der Waals surface area contributed by atoms with Crippen molar-refractivity contribution in [3.63, 3.8) is 0 Å². The van der Waals surface area contributed by atoms with E-state index in [2.05, 4.69) is 16.7 Å². The van der Waals surface area contributed by atoms with Crippen LogP contribution in [0, 0.1) is 17.8 Å². The van der Waals surface area contributed by atoms with Crippen LogP contribution in [0.5, 0.6) is 0 Å². The van der Waals surface area contributed by atoms with E-state index in [0.717, 1.165) is 31.7 Å². The third kappa shape index (κ3) is 3.18. The monoisotopic (exact) mass is 336 g/mol. The minimum atomic E-state index is 0.272. The van der Waals surface area contributed by atoms with Gasteiger partial charge < -0.3 is 10.6 Å². The molecule has 1 amide bonds. The van der Waals surface area contributed by atoms with Gasteiger partial charge >= 0.3 is 0 Å². The molecule has 0 radical (unpaired) electrons. The van der Waals surface area contributed by atoms with E-state index < -0.39 is 0 Å². The van der Waals surface area contributed by atoms with Crippen LogP contribution in [0.3, 0.4) is 0 Å². The molecule has 0 aromatic heterocycles. The number of carbonyl (C=O) groups is 1. The molecular formula is C19H32N2OS. The molecule has 3 nitrogen and oxygen atoms in total. The van der Waals surface area contributed by atoms with Crippen molar-refractivity contribution in [3.8, 4) is 0 Å². The summed E-state index contributed by atoms with van der Waals surface area (Å²) in [6.07, 6.45) is 12.7. The Morgan fingerprint density at radius 2 is 1.74 bits per heavy atom. The predicted molar refractivity (Wildman–Crippen MR) is 96.4 cm³/mol. The van der Waals surface area contributed by atoms with Crippen LogP contribution in [-0.4, -0.2) is 40.4 Å². The Morgan fingerprint density at radius 3 is 2.43 bits per heavy atom. The molecule has 4 fully saturated rings. The van der Waals surface area contributed by atoms with Gasteiger partial charge in [0, 0.05) is 35.5 Å². The van der Waals surface area contributed by atoms with Crippen LogP contribution in [0.4, 0.5) is 0 Å². The molecule has 2 atom stereocenters. The molecule has 1 saturated heterocycles. The lowest BCUT2D eigenvalue weighted by atomic mass is 9.65. The van der Waals surface area contributed by atoms with Gasteiger partial charge in [0.1, 0.15) is 0 Å². The summed E-state index contributed by atoms with van der Waals surface area (Å²) in [7, 11) is 0. The van der Waals surface area contributed by atoms with Gasteiger partial charge in [-0.15, -0.1) is 0 Å². The molecule has 1 aliphatic heterocycles. The minimum absolute atomic E-state index is 0.272. The molecule has 4 heteroatoms. The number of hydrogen-bond donors (Lipinski definition) is 1. The summed E-state index contributed by atoms with van der Waals surface area (Å²) in [4.78, 5) is 15.4. The van der Waals surface area contributed by atoms with Crippen LogP contribution < -0.4 is 5.73 Å². The van der Waals surface area contributed by atoms with E-state index in [4.69, 9.17) is 5.73 Å². The minimum Gasteiger partial charge on any atom is -0.340 e. The fraction of sp³-hybridized carbons (Fsp3) is 0.947. The van der Waals surface area contributed by atoms with Gasteiger partial charge in [-0.2, -0.15) is 11.8 Å². The van der Waals surface area contributed by atoms with E-state index in [1.807, 2.05) is 0 Å². The topological polar surface area (TPSA) is 46.3 Å². The highest BCUT2D eigenvalue weighted by Crippen LogP contribution is 2.45. The first-order valence-electron chi connectivity index (χ1n) is 9.85. The van der Waals surface area contributed by atoms with Crippen LogP contribution in [-0.2, 0) is 4.79 Å². The zero-order valence-corrected chi connectivity index (χ0v) is 15.2. The molecule has 23 heavy (non-hydrogen) atoms. The van der Waals surface area contributed by atoms with E-state index in [9.17, 15) is 4.79 Å². The highest BCUT2D eigenvalue weighted by molar-refractivity contribution is 8.00. The van der Waals surface area contributed by atoms with E-state index >= 15 is 0 Å². The fourth-order valence-corrected chi connectivity index (χ4v) is 7.35. The number of hydrogen-bond acceptors (Lipinski definition) is 3. The van der Waals surface area contributed by atoms with Gasteiger partial charge in [0.15, 0.2) is 0 Å². The van der Waals surface area contributed by atoms with E-state index in [1.165, 1.54) is 51.4 Å². The predicted octanol–water partition coefficient (Wildman–Crippen LogP) is 3.42. The smallest absolute Gasteiger partial charge is 0.225 e. The van der Waals surface area contributed by atoms with E-state index in [0.29, 0.717) is 28.5 Å². The van der Waals surface area contributed by atoms with Crippen LogP contribution in [0.2, 0.25) is 0 Å². The normalized spacial score (nSPS) is 40.1. The van der Waals surface area contributed by atoms with Crippen molar-refractivity contribution in [1.82, 2.24) is 4.90 Å².